The van der Waals surface area contributed by atoms with E-state index in [1.807, 2.05) is 6.92 Å². The van der Waals surface area contributed by atoms with Gasteiger partial charge in [-0.05, 0) is 25.5 Å². The highest BCUT2D eigenvalue weighted by atomic mass is 35.5. The molecule has 0 aliphatic rings. The molecule has 5 nitrogen and oxygen atoms in total. The first kappa shape index (κ1) is 16.9. The van der Waals surface area contributed by atoms with Crippen molar-refractivity contribution in [1.82, 2.24) is 4.90 Å². The number of amides is 1. The van der Waals surface area contributed by atoms with Gasteiger partial charge < -0.3 is 4.90 Å². The standard InChI is InChI=1S/C12H16ClFN2O3S/c1-4-7(2)16(3)12(17)9-5-8(13)6-10(11(9)14)20(15,18)19/h5-7H,4H2,1-3H3,(H2,15,18,19). The van der Waals surface area contributed by atoms with Crippen molar-refractivity contribution in [1.29, 1.82) is 0 Å². The van der Waals surface area contributed by atoms with Crippen molar-refractivity contribution in [3.63, 3.8) is 0 Å². The summed E-state index contributed by atoms with van der Waals surface area (Å²) < 4.78 is 36.8. The highest BCUT2D eigenvalue weighted by Crippen LogP contribution is 2.24. The van der Waals surface area contributed by atoms with E-state index in [-0.39, 0.29) is 11.1 Å². The quantitative estimate of drug-likeness (QED) is 0.920. The number of carbonyl (C=O) groups excluding carboxylic acids is 1. The average Bonchev–Trinajstić information content (AvgIpc) is 2.37. The molecule has 1 rings (SSSR count). The molecular formula is C12H16ClFN2O3S. The fourth-order valence-electron chi connectivity index (χ4n) is 1.59. The Labute approximate surface area is 122 Å². The molecule has 1 atom stereocenters. The van der Waals surface area contributed by atoms with Gasteiger partial charge in [-0.1, -0.05) is 18.5 Å². The summed E-state index contributed by atoms with van der Waals surface area (Å²) in [5.41, 5.74) is -0.413. The van der Waals surface area contributed by atoms with E-state index in [9.17, 15) is 17.6 Å². The van der Waals surface area contributed by atoms with Crippen molar-refractivity contribution in [3.05, 3.63) is 28.5 Å². The zero-order chi connectivity index (χ0) is 15.7. The molecule has 1 amide bonds. The van der Waals surface area contributed by atoms with E-state index in [2.05, 4.69) is 0 Å². The molecule has 0 saturated carbocycles. The first-order valence-electron chi connectivity index (χ1n) is 5.88. The largest absolute Gasteiger partial charge is 0.339 e. The number of nitrogens with two attached hydrogens (primary N) is 1. The number of sulfonamides is 1. The molecule has 0 aromatic heterocycles. The van der Waals surface area contributed by atoms with Crippen molar-refractivity contribution >= 4 is 27.5 Å². The van der Waals surface area contributed by atoms with E-state index in [0.717, 1.165) is 12.1 Å². The Hall–Kier alpha value is -1.18. The number of primary sulfonamides is 1. The van der Waals surface area contributed by atoms with Gasteiger partial charge in [0.1, 0.15) is 4.90 Å². The molecule has 0 bridgehead atoms. The van der Waals surface area contributed by atoms with Gasteiger partial charge in [0.15, 0.2) is 5.82 Å². The van der Waals surface area contributed by atoms with E-state index in [0.29, 0.717) is 6.42 Å². The lowest BCUT2D eigenvalue weighted by Gasteiger charge is -2.24. The highest BCUT2D eigenvalue weighted by Gasteiger charge is 2.25. The summed E-state index contributed by atoms with van der Waals surface area (Å²) >= 11 is 5.73. The number of benzene rings is 1. The lowest BCUT2D eigenvalue weighted by atomic mass is 10.1. The Morgan fingerprint density at radius 3 is 2.50 bits per heavy atom. The van der Waals surface area contributed by atoms with Crippen LogP contribution >= 0.6 is 11.6 Å². The number of hydrogen-bond donors (Lipinski definition) is 1. The first-order chi connectivity index (χ1) is 9.09. The highest BCUT2D eigenvalue weighted by molar-refractivity contribution is 7.89. The van der Waals surface area contributed by atoms with Crippen LogP contribution in [0.5, 0.6) is 0 Å². The first-order valence-corrected chi connectivity index (χ1v) is 7.81. The van der Waals surface area contributed by atoms with Crippen LogP contribution in [0.1, 0.15) is 30.6 Å². The van der Waals surface area contributed by atoms with Crippen LogP contribution in [0.3, 0.4) is 0 Å². The maximum atomic E-state index is 14.2. The minimum absolute atomic E-state index is 0.0728. The van der Waals surface area contributed by atoms with Crippen molar-refractivity contribution in [3.8, 4) is 0 Å². The van der Waals surface area contributed by atoms with Crippen LogP contribution in [0, 0.1) is 5.82 Å². The van der Waals surface area contributed by atoms with E-state index in [4.69, 9.17) is 16.7 Å². The summed E-state index contributed by atoms with van der Waals surface area (Å²) in [6.45, 7) is 3.67. The molecule has 20 heavy (non-hydrogen) atoms. The van der Waals surface area contributed by atoms with Gasteiger partial charge in [-0.15, -0.1) is 0 Å². The van der Waals surface area contributed by atoms with Gasteiger partial charge >= 0.3 is 0 Å². The Morgan fingerprint density at radius 2 is 2.05 bits per heavy atom. The molecule has 0 fully saturated rings. The number of carbonyl (C=O) groups is 1. The van der Waals surface area contributed by atoms with E-state index >= 15 is 0 Å². The molecule has 0 aliphatic heterocycles. The number of halogens is 2. The minimum Gasteiger partial charge on any atom is -0.339 e. The lowest BCUT2D eigenvalue weighted by Crippen LogP contribution is -2.35. The van der Waals surface area contributed by atoms with Gasteiger partial charge in [-0.2, -0.15) is 0 Å². The van der Waals surface area contributed by atoms with Gasteiger partial charge in [-0.3, -0.25) is 4.79 Å². The van der Waals surface area contributed by atoms with Crippen LogP contribution in [0.2, 0.25) is 5.02 Å². The Bertz CT molecular complexity index is 634. The van der Waals surface area contributed by atoms with Crippen LogP contribution < -0.4 is 5.14 Å². The van der Waals surface area contributed by atoms with Gasteiger partial charge in [0.2, 0.25) is 10.0 Å². The van der Waals surface area contributed by atoms with Crippen LogP contribution in [0.25, 0.3) is 0 Å². The summed E-state index contributed by atoms with van der Waals surface area (Å²) in [6.07, 6.45) is 0.673. The lowest BCUT2D eigenvalue weighted by molar-refractivity contribution is 0.0735. The molecule has 1 aromatic carbocycles. The zero-order valence-corrected chi connectivity index (χ0v) is 12.9. The van der Waals surface area contributed by atoms with Crippen molar-refractivity contribution in [2.45, 2.75) is 31.2 Å². The van der Waals surface area contributed by atoms with Crippen LogP contribution in [0.15, 0.2) is 17.0 Å². The Balaban J connectivity index is 3.40. The SMILES string of the molecule is CCC(C)N(C)C(=O)c1cc(Cl)cc(S(N)(=O)=O)c1F. The topological polar surface area (TPSA) is 80.5 Å². The molecule has 0 radical (unpaired) electrons. The Morgan fingerprint density at radius 1 is 1.50 bits per heavy atom. The van der Waals surface area contributed by atoms with Gasteiger partial charge in [0.05, 0.1) is 5.56 Å². The van der Waals surface area contributed by atoms with E-state index in [1.165, 1.54) is 11.9 Å². The second-order valence-corrected chi connectivity index (χ2v) is 6.45. The van der Waals surface area contributed by atoms with E-state index in [1.54, 1.807) is 6.92 Å². The molecule has 0 spiro atoms. The van der Waals surface area contributed by atoms with Crippen LogP contribution in [0.4, 0.5) is 4.39 Å². The van der Waals surface area contributed by atoms with Crippen molar-refractivity contribution in [2.24, 2.45) is 5.14 Å². The third kappa shape index (κ3) is 3.47. The predicted octanol–water partition coefficient (Wildman–Crippen LogP) is 2.00. The molecule has 0 heterocycles. The van der Waals surface area contributed by atoms with Gasteiger partial charge in [0, 0.05) is 18.1 Å². The third-order valence-corrected chi connectivity index (χ3v) is 4.24. The molecule has 112 valence electrons. The van der Waals surface area contributed by atoms with E-state index < -0.39 is 32.2 Å². The predicted molar refractivity (Wildman–Crippen MR) is 74.6 cm³/mol. The monoisotopic (exact) mass is 322 g/mol. The summed E-state index contributed by atoms with van der Waals surface area (Å²) in [5.74, 6) is -1.83. The molecular weight excluding hydrogens is 307 g/mol. The third-order valence-electron chi connectivity index (χ3n) is 3.11. The maximum absolute atomic E-state index is 14.2. The minimum atomic E-state index is -4.29. The maximum Gasteiger partial charge on any atom is 0.256 e. The molecule has 2 N–H and O–H groups in total. The number of hydrogen-bond acceptors (Lipinski definition) is 3. The summed E-state index contributed by atoms with van der Waals surface area (Å²) in [7, 11) is -2.79. The second-order valence-electron chi connectivity index (χ2n) is 4.48. The summed E-state index contributed by atoms with van der Waals surface area (Å²) in [6, 6.07) is 1.85. The van der Waals surface area contributed by atoms with Crippen LogP contribution in [-0.2, 0) is 10.0 Å². The number of nitrogens with zero attached hydrogens (tertiary/aromatic N) is 1. The molecule has 1 unspecified atom stereocenters. The fraction of sp³-hybridized carbons (Fsp3) is 0.417. The zero-order valence-electron chi connectivity index (χ0n) is 11.4. The molecule has 1 aromatic rings. The Kier molecular flexibility index (Phi) is 5.12. The van der Waals surface area contributed by atoms with Crippen molar-refractivity contribution in [2.75, 3.05) is 7.05 Å². The number of rotatable bonds is 4. The summed E-state index contributed by atoms with van der Waals surface area (Å²) in [4.78, 5) is 12.7. The molecule has 0 saturated heterocycles. The molecule has 0 aliphatic carbocycles. The normalized spacial score (nSPS) is 13.1. The summed E-state index contributed by atoms with van der Waals surface area (Å²) in [5, 5.41) is 4.83. The fourth-order valence-corrected chi connectivity index (χ4v) is 2.52. The molecule has 8 heteroatoms. The second kappa shape index (κ2) is 6.07. The van der Waals surface area contributed by atoms with Gasteiger partial charge in [0.25, 0.3) is 5.91 Å². The van der Waals surface area contributed by atoms with Crippen molar-refractivity contribution < 1.29 is 17.6 Å². The average molecular weight is 323 g/mol. The van der Waals surface area contributed by atoms with Gasteiger partial charge in [-0.25, -0.2) is 17.9 Å². The van der Waals surface area contributed by atoms with Crippen LogP contribution in [-0.4, -0.2) is 32.3 Å². The smallest absolute Gasteiger partial charge is 0.256 e.